The lowest BCUT2D eigenvalue weighted by atomic mass is 9.84. The van der Waals surface area contributed by atoms with Crippen molar-refractivity contribution < 1.29 is 52.2 Å². The van der Waals surface area contributed by atoms with Crippen LogP contribution >= 0.6 is 0 Å². The molecule has 0 saturated carbocycles. The number of halogens is 2. The highest BCUT2D eigenvalue weighted by Crippen LogP contribution is 2.40. The zero-order chi connectivity index (χ0) is 58.2. The van der Waals surface area contributed by atoms with Crippen molar-refractivity contribution in [1.82, 2.24) is 40.6 Å². The van der Waals surface area contributed by atoms with E-state index in [-0.39, 0.29) is 93.8 Å². The third-order valence-corrected chi connectivity index (χ3v) is 13.5. The topological polar surface area (TPSA) is 293 Å². The van der Waals surface area contributed by atoms with Crippen LogP contribution < -0.4 is 38.1 Å². The third-order valence-electron chi connectivity index (χ3n) is 13.5. The van der Waals surface area contributed by atoms with E-state index in [2.05, 4.69) is 26.6 Å². The smallest absolute Gasteiger partial charge is 0.248 e. The number of aliphatic hydroxyl groups excluding tert-OH is 1. The molecule has 1 unspecified atom stereocenters. The Morgan fingerprint density at radius 3 is 2.16 bits per heavy atom. The highest BCUT2D eigenvalue weighted by atomic mass is 19.1. The molecule has 22 heteroatoms. The zero-order valence-electron chi connectivity index (χ0n) is 46.2. The number of imide groups is 1. The van der Waals surface area contributed by atoms with Gasteiger partial charge in [-0.3, -0.25) is 43.3 Å². The van der Waals surface area contributed by atoms with Crippen LogP contribution in [-0.2, 0) is 51.3 Å². The first-order valence-electron chi connectivity index (χ1n) is 26.6. The number of anilines is 1. The quantitative estimate of drug-likeness (QED) is 0.0298. The van der Waals surface area contributed by atoms with Gasteiger partial charge in [-0.15, -0.1) is 0 Å². The minimum absolute atomic E-state index is 0.00870. The molecule has 1 aliphatic heterocycles. The van der Waals surface area contributed by atoms with Crippen molar-refractivity contribution in [3.8, 4) is 11.3 Å². The number of carbonyl (C=O) groups excluding carboxylic acids is 8. The van der Waals surface area contributed by atoms with Crippen LogP contribution in [0.4, 0.5) is 14.5 Å². The van der Waals surface area contributed by atoms with Crippen molar-refractivity contribution in [2.75, 3.05) is 44.6 Å². The fourth-order valence-corrected chi connectivity index (χ4v) is 9.25. The molecule has 1 aromatic heterocycles. The molecule has 1 fully saturated rings. The average molecular weight is 1100 g/mol. The third kappa shape index (κ3) is 17.8. The molecule has 0 radical (unpaired) electrons. The van der Waals surface area contributed by atoms with Gasteiger partial charge in [-0.2, -0.15) is 0 Å². The number of likely N-dealkylation sites (tertiary alicyclic amines) is 1. The van der Waals surface area contributed by atoms with Gasteiger partial charge in [-0.05, 0) is 85.0 Å². The molecule has 20 nitrogen and oxygen atoms in total. The van der Waals surface area contributed by atoms with Crippen molar-refractivity contribution in [3.63, 3.8) is 0 Å². The lowest BCUT2D eigenvalue weighted by molar-refractivity contribution is -0.141. The highest BCUT2D eigenvalue weighted by molar-refractivity contribution is 6.05. The molecule has 10 N–H and O–H groups in total. The summed E-state index contributed by atoms with van der Waals surface area (Å²) >= 11 is 0. The number of aliphatic hydroxyl groups is 1. The van der Waals surface area contributed by atoms with Crippen molar-refractivity contribution >= 4 is 52.9 Å². The molecule has 8 amide bonds. The molecule has 1 saturated heterocycles. The van der Waals surface area contributed by atoms with Gasteiger partial charge in [-0.1, -0.05) is 90.9 Å². The number of benzene rings is 3. The summed E-state index contributed by atoms with van der Waals surface area (Å²) in [5, 5.41) is 23.9. The molecule has 2 heterocycles. The maximum absolute atomic E-state index is 15.2. The van der Waals surface area contributed by atoms with E-state index >= 15 is 4.39 Å². The van der Waals surface area contributed by atoms with E-state index in [0.717, 1.165) is 28.7 Å². The van der Waals surface area contributed by atoms with E-state index in [1.807, 2.05) is 51.1 Å². The van der Waals surface area contributed by atoms with E-state index in [9.17, 15) is 47.9 Å². The van der Waals surface area contributed by atoms with Crippen LogP contribution in [0, 0.1) is 28.4 Å². The maximum Gasteiger partial charge on any atom is 0.248 e. The Balaban J connectivity index is 1.16. The summed E-state index contributed by atoms with van der Waals surface area (Å²) in [6, 6.07) is 14.8. The number of nitrogens with zero attached hydrogens (tertiary/aromatic N) is 4. The van der Waals surface area contributed by atoms with E-state index < -0.39 is 88.7 Å². The number of aromatic nitrogens is 2. The molecule has 79 heavy (non-hydrogen) atoms. The Bertz CT molecular complexity index is 2780. The predicted molar refractivity (Wildman–Crippen MR) is 293 cm³/mol. The van der Waals surface area contributed by atoms with Crippen LogP contribution in [0.5, 0.6) is 0 Å². The molecule has 0 aliphatic carbocycles. The van der Waals surface area contributed by atoms with Gasteiger partial charge in [0.05, 0.1) is 29.6 Å². The van der Waals surface area contributed by atoms with Crippen LogP contribution in [0.25, 0.3) is 11.3 Å². The minimum atomic E-state index is -1.19. The highest BCUT2D eigenvalue weighted by Gasteiger charge is 2.44. The lowest BCUT2D eigenvalue weighted by Gasteiger charge is -2.40. The summed E-state index contributed by atoms with van der Waals surface area (Å²) in [5.74, 6) is -5.36. The standard InChI is InChI=1S/C57H77F2N11O9/c1-35(2)49(54(78)66-43(15-11-12-24-60)53(77)64-39-19-16-36(17-20-39)29-46(73)62-26-28-70-47(74)31-57(6,7)55(70)79)67-45(72)22-25-63-52(76)42(61)23-27-69(48(75)34-71)50(56(3,4)5)51-65-44(40-30-38(58)18-21-41(40)59)33-68(51)32-37-13-9-8-10-14-37/h8-10,13-14,16-21,30,33,35,42-43,49-50,71H,11-12,15,22-29,31-32,34,60-61H2,1-7H3,(H,62,73)(H,63,76)(H,64,77)(H,66,78)(H,67,72)/t42-,43-,49?,50-/m0/s1. The van der Waals surface area contributed by atoms with Gasteiger partial charge >= 0.3 is 0 Å². The number of carbonyl (C=O) groups is 8. The number of hydrogen-bond donors (Lipinski definition) is 8. The Labute approximate surface area is 460 Å². The fraction of sp³-hybridized carbons (Fsp3) is 0.491. The van der Waals surface area contributed by atoms with E-state index in [4.69, 9.17) is 16.5 Å². The van der Waals surface area contributed by atoms with Gasteiger partial charge in [0.1, 0.15) is 36.1 Å². The molecule has 4 atom stereocenters. The largest absolute Gasteiger partial charge is 0.387 e. The van der Waals surface area contributed by atoms with Crippen molar-refractivity contribution in [2.24, 2.45) is 28.2 Å². The van der Waals surface area contributed by atoms with Gasteiger partial charge in [0.15, 0.2) is 0 Å². The van der Waals surface area contributed by atoms with Crippen molar-refractivity contribution in [2.45, 2.75) is 124 Å². The van der Waals surface area contributed by atoms with Crippen LogP contribution in [-0.4, -0.2) is 129 Å². The first kappa shape index (κ1) is 62.4. The number of amides is 8. The summed E-state index contributed by atoms with van der Waals surface area (Å²) in [4.78, 5) is 112. The lowest BCUT2D eigenvalue weighted by Crippen LogP contribution is -2.54. The number of imidazole rings is 1. The molecule has 4 aromatic rings. The molecular formula is C57H77F2N11O9. The summed E-state index contributed by atoms with van der Waals surface area (Å²) in [6.45, 7) is 12.1. The van der Waals surface area contributed by atoms with Crippen LogP contribution in [0.1, 0.15) is 110 Å². The number of rotatable bonds is 28. The zero-order valence-corrected chi connectivity index (χ0v) is 46.2. The second-order valence-electron chi connectivity index (χ2n) is 21.9. The normalized spacial score (nSPS) is 14.8. The fourth-order valence-electron chi connectivity index (χ4n) is 9.25. The second-order valence-corrected chi connectivity index (χ2v) is 21.9. The molecular weight excluding hydrogens is 1020 g/mol. The first-order valence-corrected chi connectivity index (χ1v) is 26.6. The van der Waals surface area contributed by atoms with Gasteiger partial charge in [0.25, 0.3) is 0 Å². The Hall–Kier alpha value is -7.43. The van der Waals surface area contributed by atoms with Crippen molar-refractivity contribution in [1.29, 1.82) is 0 Å². The van der Waals surface area contributed by atoms with Gasteiger partial charge in [0.2, 0.25) is 47.3 Å². The van der Waals surface area contributed by atoms with Gasteiger partial charge in [0, 0.05) is 63.0 Å². The Kier molecular flexibility index (Phi) is 22.5. The SMILES string of the molecule is CC(C)C(NC(=O)CCNC(=O)[C@@H](N)CCN(C(=O)CO)[C@@H](c1nc(-c2cc(F)ccc2F)cn1Cc1ccccc1)C(C)(C)C)C(=O)N[C@@H](CCCCN)C(=O)Nc1ccc(CC(=O)NCCN2C(=O)CC(C)(C)C2=O)cc1. The minimum Gasteiger partial charge on any atom is -0.387 e. The predicted octanol–water partition coefficient (Wildman–Crippen LogP) is 3.85. The molecule has 5 rings (SSSR count). The number of hydrogen-bond acceptors (Lipinski definition) is 12. The summed E-state index contributed by atoms with van der Waals surface area (Å²) in [6.07, 6.45) is 2.72. The molecule has 0 bridgehead atoms. The number of unbranched alkanes of at least 4 members (excludes halogenated alkanes) is 1. The van der Waals surface area contributed by atoms with Crippen molar-refractivity contribution in [3.05, 3.63) is 108 Å². The van der Waals surface area contributed by atoms with Gasteiger partial charge < -0.3 is 52.6 Å². The summed E-state index contributed by atoms with van der Waals surface area (Å²) in [7, 11) is 0. The maximum atomic E-state index is 15.2. The van der Waals surface area contributed by atoms with E-state index in [0.29, 0.717) is 36.5 Å². The van der Waals surface area contributed by atoms with E-state index in [1.165, 1.54) is 4.90 Å². The summed E-state index contributed by atoms with van der Waals surface area (Å²) < 4.78 is 31.3. The number of nitrogens with two attached hydrogens (primary N) is 2. The molecule has 0 spiro atoms. The van der Waals surface area contributed by atoms with Crippen LogP contribution in [0.3, 0.4) is 0 Å². The monoisotopic (exact) mass is 1100 g/mol. The number of nitrogens with one attached hydrogen (secondary N) is 5. The molecule has 1 aliphatic rings. The Morgan fingerprint density at radius 1 is 0.848 bits per heavy atom. The average Bonchev–Trinajstić information content (AvgIpc) is 4.13. The van der Waals surface area contributed by atoms with E-state index in [1.54, 1.807) is 62.7 Å². The summed E-state index contributed by atoms with van der Waals surface area (Å²) in [5.41, 5.74) is 12.5. The van der Waals surface area contributed by atoms with Crippen LogP contribution in [0.2, 0.25) is 0 Å². The van der Waals surface area contributed by atoms with Crippen LogP contribution in [0.15, 0.2) is 79.0 Å². The van der Waals surface area contributed by atoms with Gasteiger partial charge in [-0.25, -0.2) is 13.8 Å². The Morgan fingerprint density at radius 2 is 1.54 bits per heavy atom. The first-order chi connectivity index (χ1) is 37.3. The molecule has 428 valence electrons. The molecule has 3 aromatic carbocycles. The second kappa shape index (κ2) is 28.4.